The van der Waals surface area contributed by atoms with Crippen molar-refractivity contribution in [3.8, 4) is 11.8 Å². The molecule has 0 aromatic heterocycles. The quantitative estimate of drug-likeness (QED) is 0.743. The number of piperidine rings is 1. The summed E-state index contributed by atoms with van der Waals surface area (Å²) in [5.74, 6) is 0.578. The monoisotopic (exact) mass is 427 g/mol. The number of hydrogen-bond donors (Lipinski definition) is 1. The summed E-state index contributed by atoms with van der Waals surface area (Å²) in [5.41, 5.74) is 1.41. The van der Waals surface area contributed by atoms with E-state index in [-0.39, 0.29) is 42.0 Å². The fourth-order valence-corrected chi connectivity index (χ4v) is 5.25. The van der Waals surface area contributed by atoms with Crippen LogP contribution in [0.4, 0.5) is 0 Å². The molecule has 2 heterocycles. The van der Waals surface area contributed by atoms with Crippen molar-refractivity contribution >= 4 is 23.6 Å². The number of amides is 2. The molecule has 1 aromatic carbocycles. The molecule has 0 aliphatic carbocycles. The number of hydrogen-bond acceptors (Lipinski definition) is 5. The maximum absolute atomic E-state index is 12.9. The Morgan fingerprint density at radius 2 is 1.93 bits per heavy atom. The number of nitrogens with zero attached hydrogens (tertiary/aromatic N) is 2. The highest BCUT2D eigenvalue weighted by Crippen LogP contribution is 2.36. The predicted molar refractivity (Wildman–Crippen MR) is 118 cm³/mol. The van der Waals surface area contributed by atoms with Gasteiger partial charge >= 0.3 is 0 Å². The van der Waals surface area contributed by atoms with Crippen molar-refractivity contribution in [1.82, 2.24) is 10.2 Å². The smallest absolute Gasteiger partial charge is 0.233 e. The summed E-state index contributed by atoms with van der Waals surface area (Å²) in [7, 11) is 0. The first-order valence-corrected chi connectivity index (χ1v) is 11.5. The van der Waals surface area contributed by atoms with Gasteiger partial charge in [0.05, 0.1) is 29.0 Å². The van der Waals surface area contributed by atoms with Crippen LogP contribution in [-0.2, 0) is 9.59 Å². The number of benzene rings is 1. The number of likely N-dealkylation sites (tertiary alicyclic amines) is 1. The fraction of sp³-hybridized carbons (Fsp3) is 0.522. The van der Waals surface area contributed by atoms with E-state index >= 15 is 0 Å². The Balaban J connectivity index is 1.77. The zero-order valence-corrected chi connectivity index (χ0v) is 18.6. The summed E-state index contributed by atoms with van der Waals surface area (Å²) in [4.78, 5) is 27.2. The lowest BCUT2D eigenvalue weighted by molar-refractivity contribution is -0.134. The van der Waals surface area contributed by atoms with Crippen molar-refractivity contribution in [2.24, 2.45) is 0 Å². The van der Waals surface area contributed by atoms with Crippen molar-refractivity contribution in [1.29, 1.82) is 5.26 Å². The van der Waals surface area contributed by atoms with Crippen LogP contribution in [0.2, 0.25) is 0 Å². The average Bonchev–Trinajstić information content (AvgIpc) is 2.72. The van der Waals surface area contributed by atoms with Crippen LogP contribution < -0.4 is 10.1 Å². The molecule has 0 unspecified atom stereocenters. The minimum Gasteiger partial charge on any atom is -0.494 e. The van der Waals surface area contributed by atoms with Gasteiger partial charge in [-0.2, -0.15) is 5.26 Å². The Bertz CT molecular complexity index is 849. The second-order valence-electron chi connectivity index (χ2n) is 7.88. The second-order valence-corrected chi connectivity index (χ2v) is 8.87. The fourth-order valence-electron chi connectivity index (χ4n) is 4.30. The van der Waals surface area contributed by atoms with Crippen molar-refractivity contribution in [2.45, 2.75) is 64.5 Å². The normalized spacial score (nSPS) is 24.3. The molecule has 0 radical (unpaired) electrons. The molecule has 30 heavy (non-hydrogen) atoms. The first-order valence-electron chi connectivity index (χ1n) is 10.5. The van der Waals surface area contributed by atoms with Crippen molar-refractivity contribution in [2.75, 3.05) is 12.4 Å². The Morgan fingerprint density at radius 1 is 1.27 bits per heavy atom. The van der Waals surface area contributed by atoms with Gasteiger partial charge in [0.1, 0.15) is 5.75 Å². The zero-order chi connectivity index (χ0) is 21.7. The minimum absolute atomic E-state index is 0.0573. The largest absolute Gasteiger partial charge is 0.494 e. The number of ether oxygens (including phenoxy) is 1. The molecule has 0 bridgehead atoms. The van der Waals surface area contributed by atoms with Crippen LogP contribution >= 0.6 is 11.8 Å². The van der Waals surface area contributed by atoms with Gasteiger partial charge in [0.2, 0.25) is 11.8 Å². The highest BCUT2D eigenvalue weighted by atomic mass is 32.2. The summed E-state index contributed by atoms with van der Waals surface area (Å²) in [6.07, 6.45) is 3.39. The van der Waals surface area contributed by atoms with Crippen molar-refractivity contribution < 1.29 is 14.3 Å². The van der Waals surface area contributed by atoms with Crippen LogP contribution in [-0.4, -0.2) is 41.2 Å². The standard InChI is InChI=1S/C23H29N3O3S/c1-4-29-18-10-8-17(9-11-18)19-12-21(27)25-23(20(19)13-24)30-14-22(28)26-15(2)6-5-7-16(26)3/h8-11,15-16,19H,4-7,12,14H2,1-3H3,(H,25,27)/t15-,16+,19-/m0/s1. The SMILES string of the molecule is CCOc1ccc([C@@H]2CC(=O)NC(SCC(=O)N3[C@H](C)CCC[C@@H]3C)=C2C#N)cc1. The summed E-state index contributed by atoms with van der Waals surface area (Å²) >= 11 is 1.26. The molecule has 1 N–H and O–H groups in total. The Labute approximate surface area is 182 Å². The third-order valence-electron chi connectivity index (χ3n) is 5.77. The Hall–Kier alpha value is -2.46. The van der Waals surface area contributed by atoms with Crippen molar-refractivity contribution in [3.63, 3.8) is 0 Å². The van der Waals surface area contributed by atoms with E-state index in [0.717, 1.165) is 30.6 Å². The van der Waals surface area contributed by atoms with Gasteiger partial charge in [0, 0.05) is 24.4 Å². The molecule has 7 heteroatoms. The molecule has 0 spiro atoms. The van der Waals surface area contributed by atoms with Gasteiger partial charge < -0.3 is 15.0 Å². The first kappa shape index (κ1) is 22.2. The lowest BCUT2D eigenvalue weighted by atomic mass is 9.87. The maximum Gasteiger partial charge on any atom is 0.233 e. The third-order valence-corrected chi connectivity index (χ3v) is 6.77. The average molecular weight is 428 g/mol. The molecular formula is C23H29N3O3S. The Kier molecular flexibility index (Phi) is 7.43. The minimum atomic E-state index is -0.315. The number of rotatable bonds is 6. The van der Waals surface area contributed by atoms with Gasteiger partial charge in [-0.05, 0) is 57.7 Å². The molecule has 3 rings (SSSR count). The lowest BCUT2D eigenvalue weighted by Crippen LogP contribution is -2.48. The predicted octanol–water partition coefficient (Wildman–Crippen LogP) is 3.95. The number of nitrogens with one attached hydrogen (secondary N) is 1. The molecule has 3 atom stereocenters. The molecule has 160 valence electrons. The van der Waals surface area contributed by atoms with Gasteiger partial charge in [-0.25, -0.2) is 0 Å². The number of carbonyl (C=O) groups excluding carboxylic acids is 2. The summed E-state index contributed by atoms with van der Waals surface area (Å²) in [6, 6.07) is 10.2. The van der Waals surface area contributed by atoms with E-state index in [1.807, 2.05) is 36.1 Å². The molecule has 6 nitrogen and oxygen atoms in total. The second kappa shape index (κ2) is 10.0. The zero-order valence-electron chi connectivity index (χ0n) is 17.8. The van der Waals surface area contributed by atoms with Gasteiger partial charge in [0.15, 0.2) is 0 Å². The Morgan fingerprint density at radius 3 is 2.53 bits per heavy atom. The molecule has 1 fully saturated rings. The molecule has 2 aliphatic rings. The van der Waals surface area contributed by atoms with Gasteiger partial charge in [-0.3, -0.25) is 9.59 Å². The van der Waals surface area contributed by atoms with Gasteiger partial charge in [0.25, 0.3) is 0 Å². The van der Waals surface area contributed by atoms with E-state index in [0.29, 0.717) is 17.2 Å². The van der Waals surface area contributed by atoms with Crippen LogP contribution in [0, 0.1) is 11.3 Å². The van der Waals surface area contributed by atoms with Gasteiger partial charge in [-0.15, -0.1) is 0 Å². The maximum atomic E-state index is 12.9. The van der Waals surface area contributed by atoms with E-state index in [1.54, 1.807) is 0 Å². The van der Waals surface area contributed by atoms with E-state index in [2.05, 4.69) is 25.2 Å². The summed E-state index contributed by atoms with van der Waals surface area (Å²) < 4.78 is 5.48. The van der Waals surface area contributed by atoms with E-state index in [4.69, 9.17) is 4.74 Å². The van der Waals surface area contributed by atoms with Crippen LogP contribution in [0.5, 0.6) is 5.75 Å². The molecule has 1 aromatic rings. The number of allylic oxidation sites excluding steroid dienone is 1. The highest BCUT2D eigenvalue weighted by Gasteiger charge is 2.32. The molecule has 0 saturated carbocycles. The van der Waals surface area contributed by atoms with Crippen LogP contribution in [0.15, 0.2) is 34.9 Å². The first-order chi connectivity index (χ1) is 14.4. The number of carbonyl (C=O) groups is 2. The van der Waals surface area contributed by atoms with E-state index in [9.17, 15) is 14.9 Å². The molecule has 2 amide bonds. The lowest BCUT2D eigenvalue weighted by Gasteiger charge is -2.39. The summed E-state index contributed by atoms with van der Waals surface area (Å²) in [5, 5.41) is 13.1. The van der Waals surface area contributed by atoms with Crippen LogP contribution in [0.1, 0.15) is 57.9 Å². The van der Waals surface area contributed by atoms with E-state index in [1.165, 1.54) is 11.8 Å². The van der Waals surface area contributed by atoms with Crippen LogP contribution in [0.25, 0.3) is 0 Å². The molecule has 2 aliphatic heterocycles. The number of nitriles is 1. The summed E-state index contributed by atoms with van der Waals surface area (Å²) in [6.45, 7) is 6.68. The van der Waals surface area contributed by atoms with Crippen molar-refractivity contribution in [3.05, 3.63) is 40.4 Å². The molecular weight excluding hydrogens is 398 g/mol. The number of thioether (sulfide) groups is 1. The highest BCUT2D eigenvalue weighted by molar-refractivity contribution is 8.03. The third kappa shape index (κ3) is 4.99. The topological polar surface area (TPSA) is 82.4 Å². The van der Waals surface area contributed by atoms with Gasteiger partial charge in [-0.1, -0.05) is 23.9 Å². The molecule has 1 saturated heterocycles. The van der Waals surface area contributed by atoms with E-state index < -0.39 is 0 Å². The van der Waals surface area contributed by atoms with Crippen LogP contribution in [0.3, 0.4) is 0 Å².